The van der Waals surface area contributed by atoms with Crippen LogP contribution in [-0.2, 0) is 19.1 Å². The molecule has 0 aromatic heterocycles. The second-order valence-electron chi connectivity index (χ2n) is 4.09. The largest absolute Gasteiger partial charge is 0.462 e. The normalized spacial score (nSPS) is 18.2. The molecular formula is C13H17NO4S2. The van der Waals surface area contributed by atoms with Gasteiger partial charge in [0.05, 0.1) is 13.2 Å². The number of esters is 2. The second-order valence-corrected chi connectivity index (χ2v) is 6.20. The van der Waals surface area contributed by atoms with Gasteiger partial charge in [-0.15, -0.1) is 11.8 Å². The first-order valence-corrected chi connectivity index (χ1v) is 8.27. The van der Waals surface area contributed by atoms with Gasteiger partial charge in [-0.3, -0.25) is 0 Å². The molecule has 0 bridgehead atoms. The first kappa shape index (κ1) is 15.3. The molecule has 0 aromatic rings. The van der Waals surface area contributed by atoms with Crippen LogP contribution in [0.1, 0.15) is 20.8 Å². The van der Waals surface area contributed by atoms with E-state index in [1.807, 2.05) is 11.8 Å². The highest BCUT2D eigenvalue weighted by Gasteiger charge is 2.37. The molecular weight excluding hydrogens is 298 g/mol. The van der Waals surface area contributed by atoms with Gasteiger partial charge in [0.15, 0.2) is 0 Å². The van der Waals surface area contributed by atoms with Crippen molar-refractivity contribution in [1.82, 2.24) is 4.90 Å². The van der Waals surface area contributed by atoms with Gasteiger partial charge in [-0.1, -0.05) is 11.8 Å². The van der Waals surface area contributed by atoms with Crippen LogP contribution in [0, 0.1) is 0 Å². The topological polar surface area (TPSA) is 55.8 Å². The highest BCUT2D eigenvalue weighted by molar-refractivity contribution is 8.10. The number of carbonyl (C=O) groups excluding carboxylic acids is 2. The summed E-state index contributed by atoms with van der Waals surface area (Å²) in [5.41, 5.74) is 0.852. The summed E-state index contributed by atoms with van der Waals surface area (Å²) in [5, 5.41) is 0.792. The molecule has 2 aliphatic heterocycles. The fourth-order valence-corrected chi connectivity index (χ4v) is 4.27. The minimum Gasteiger partial charge on any atom is -0.462 e. The Labute approximate surface area is 126 Å². The molecule has 7 heteroatoms. The molecule has 0 aliphatic carbocycles. The molecule has 110 valence electrons. The third-order valence-electron chi connectivity index (χ3n) is 2.85. The van der Waals surface area contributed by atoms with Gasteiger partial charge >= 0.3 is 11.9 Å². The molecule has 0 amide bonds. The molecule has 0 saturated carbocycles. The van der Waals surface area contributed by atoms with Gasteiger partial charge in [0, 0.05) is 18.0 Å². The summed E-state index contributed by atoms with van der Waals surface area (Å²) in [4.78, 5) is 27.0. The first-order valence-electron chi connectivity index (χ1n) is 6.47. The van der Waals surface area contributed by atoms with E-state index in [-0.39, 0.29) is 11.9 Å². The van der Waals surface area contributed by atoms with Crippen molar-refractivity contribution in [3.8, 4) is 0 Å². The Bertz CT molecular complexity index is 499. The van der Waals surface area contributed by atoms with Gasteiger partial charge in [0.1, 0.15) is 14.8 Å². The Morgan fingerprint density at radius 2 is 1.75 bits per heavy atom. The quantitative estimate of drug-likeness (QED) is 0.738. The van der Waals surface area contributed by atoms with Gasteiger partial charge in [-0.25, -0.2) is 9.59 Å². The van der Waals surface area contributed by atoms with Gasteiger partial charge in [0.25, 0.3) is 0 Å². The van der Waals surface area contributed by atoms with Gasteiger partial charge in [-0.05, 0) is 20.8 Å². The number of nitrogens with zero attached hydrogens (tertiary/aromatic N) is 1. The van der Waals surface area contributed by atoms with Crippen LogP contribution in [0.5, 0.6) is 0 Å². The molecule has 0 unspecified atom stereocenters. The Morgan fingerprint density at radius 3 is 2.35 bits per heavy atom. The van der Waals surface area contributed by atoms with Crippen molar-refractivity contribution in [2.75, 3.05) is 25.5 Å². The summed E-state index contributed by atoms with van der Waals surface area (Å²) in [7, 11) is 0. The van der Waals surface area contributed by atoms with Crippen LogP contribution >= 0.6 is 23.5 Å². The average molecular weight is 315 g/mol. The summed E-state index contributed by atoms with van der Waals surface area (Å²) < 4.78 is 10.1. The summed E-state index contributed by atoms with van der Waals surface area (Å²) in [5.74, 6) is 0.152. The van der Waals surface area contributed by atoms with E-state index in [1.165, 1.54) is 23.5 Å². The lowest BCUT2D eigenvalue weighted by atomic mass is 10.3. The molecule has 0 atom stereocenters. The van der Waals surface area contributed by atoms with E-state index in [4.69, 9.17) is 9.47 Å². The third-order valence-corrected chi connectivity index (χ3v) is 5.30. The fourth-order valence-electron chi connectivity index (χ4n) is 1.97. The smallest absolute Gasteiger partial charge is 0.347 e. The van der Waals surface area contributed by atoms with Gasteiger partial charge in [0.2, 0.25) is 0 Å². The second kappa shape index (κ2) is 6.58. The Hall–Kier alpha value is -1.08. The third kappa shape index (κ3) is 2.83. The maximum Gasteiger partial charge on any atom is 0.347 e. The predicted octanol–water partition coefficient (Wildman–Crippen LogP) is 2.31. The van der Waals surface area contributed by atoms with Crippen molar-refractivity contribution < 1.29 is 19.1 Å². The van der Waals surface area contributed by atoms with Crippen LogP contribution in [0.25, 0.3) is 0 Å². The van der Waals surface area contributed by atoms with Crippen molar-refractivity contribution in [2.45, 2.75) is 20.8 Å². The van der Waals surface area contributed by atoms with Crippen molar-refractivity contribution in [3.63, 3.8) is 0 Å². The van der Waals surface area contributed by atoms with Crippen molar-refractivity contribution >= 4 is 35.5 Å². The predicted molar refractivity (Wildman–Crippen MR) is 79.7 cm³/mol. The van der Waals surface area contributed by atoms with Crippen LogP contribution in [0.15, 0.2) is 20.5 Å². The highest BCUT2D eigenvalue weighted by Crippen LogP contribution is 2.47. The lowest BCUT2D eigenvalue weighted by Crippen LogP contribution is -2.26. The summed E-state index contributed by atoms with van der Waals surface area (Å²) in [6.45, 7) is 6.91. The molecule has 0 spiro atoms. The summed E-state index contributed by atoms with van der Waals surface area (Å²) >= 11 is 2.78. The fraction of sp³-hybridized carbons (Fsp3) is 0.538. The number of carbonyl (C=O) groups is 2. The van der Waals surface area contributed by atoms with E-state index in [0.717, 1.165) is 23.0 Å². The Kier molecular flexibility index (Phi) is 5.04. The van der Waals surface area contributed by atoms with Crippen molar-refractivity contribution in [2.24, 2.45) is 0 Å². The van der Waals surface area contributed by atoms with E-state index in [2.05, 4.69) is 0 Å². The zero-order valence-electron chi connectivity index (χ0n) is 11.7. The van der Waals surface area contributed by atoms with Crippen molar-refractivity contribution in [3.05, 3.63) is 20.5 Å². The number of rotatable bonds is 4. The van der Waals surface area contributed by atoms with E-state index in [9.17, 15) is 9.59 Å². The van der Waals surface area contributed by atoms with Crippen LogP contribution in [0.4, 0.5) is 0 Å². The maximum atomic E-state index is 12.0. The number of fused-ring (bicyclic) bond motifs is 1. The zero-order chi connectivity index (χ0) is 14.7. The van der Waals surface area contributed by atoms with E-state index < -0.39 is 0 Å². The average Bonchev–Trinajstić information content (AvgIpc) is 2.77. The lowest BCUT2D eigenvalue weighted by Gasteiger charge is -2.27. The van der Waals surface area contributed by atoms with E-state index in [1.54, 1.807) is 13.8 Å². The molecule has 5 nitrogen and oxygen atoms in total. The molecule has 0 saturated heterocycles. The standard InChI is InChI=1S/C13H17NO4S2/c1-4-17-12(15)9-8(3)14-6-7-19-10(11(14)20-9)13(16)18-5-2/h4-7H2,1-3H3. The number of thioether (sulfide) groups is 2. The first-order chi connectivity index (χ1) is 9.60. The minimum absolute atomic E-state index is 0.317. The van der Waals surface area contributed by atoms with Crippen LogP contribution in [0.2, 0.25) is 0 Å². The molecule has 0 N–H and O–H groups in total. The Morgan fingerprint density at radius 1 is 1.15 bits per heavy atom. The summed E-state index contributed by atoms with van der Waals surface area (Å²) in [6.07, 6.45) is 0. The Balaban J connectivity index is 2.28. The molecule has 0 aromatic carbocycles. The van der Waals surface area contributed by atoms with Crippen LogP contribution < -0.4 is 0 Å². The van der Waals surface area contributed by atoms with E-state index >= 15 is 0 Å². The zero-order valence-corrected chi connectivity index (χ0v) is 13.4. The SMILES string of the molecule is CCOC(=O)C1=C(C)N2CCSC(C(=O)OCC)=C2S1. The monoisotopic (exact) mass is 315 g/mol. The maximum absolute atomic E-state index is 12.0. The van der Waals surface area contributed by atoms with Crippen LogP contribution in [-0.4, -0.2) is 42.3 Å². The number of ether oxygens (including phenoxy) is 2. The molecule has 2 heterocycles. The van der Waals surface area contributed by atoms with E-state index in [0.29, 0.717) is 23.0 Å². The minimum atomic E-state index is -0.329. The van der Waals surface area contributed by atoms with Gasteiger partial charge < -0.3 is 14.4 Å². The number of hydrogen-bond donors (Lipinski definition) is 0. The summed E-state index contributed by atoms with van der Waals surface area (Å²) in [6, 6.07) is 0. The molecule has 0 radical (unpaired) electrons. The number of allylic oxidation sites excluding steroid dienone is 1. The van der Waals surface area contributed by atoms with Crippen LogP contribution in [0.3, 0.4) is 0 Å². The highest BCUT2D eigenvalue weighted by atomic mass is 32.2. The molecule has 2 aliphatic rings. The number of hydrogen-bond acceptors (Lipinski definition) is 7. The molecule has 20 heavy (non-hydrogen) atoms. The van der Waals surface area contributed by atoms with Gasteiger partial charge in [-0.2, -0.15) is 0 Å². The van der Waals surface area contributed by atoms with Crippen molar-refractivity contribution in [1.29, 1.82) is 0 Å². The lowest BCUT2D eigenvalue weighted by molar-refractivity contribution is -0.138. The molecule has 2 rings (SSSR count). The molecule has 0 fully saturated rings.